The lowest BCUT2D eigenvalue weighted by Gasteiger charge is -2.10. The number of hydrogen-bond acceptors (Lipinski definition) is 1. The van der Waals surface area contributed by atoms with Gasteiger partial charge < -0.3 is 4.74 Å². The van der Waals surface area contributed by atoms with Crippen LogP contribution in [0.2, 0.25) is 5.02 Å². The van der Waals surface area contributed by atoms with Crippen molar-refractivity contribution in [1.29, 1.82) is 0 Å². The van der Waals surface area contributed by atoms with Crippen LogP contribution in [0.25, 0.3) is 0 Å². The zero-order chi connectivity index (χ0) is 14.0. The van der Waals surface area contributed by atoms with Gasteiger partial charge in [0.15, 0.2) is 0 Å². The lowest BCUT2D eigenvalue weighted by atomic mass is 10.2. The van der Waals surface area contributed by atoms with Crippen molar-refractivity contribution in [3.05, 3.63) is 61.5 Å². The van der Waals surface area contributed by atoms with Crippen LogP contribution in [-0.4, -0.2) is 0 Å². The van der Waals surface area contributed by atoms with Gasteiger partial charge in [-0.1, -0.05) is 11.6 Å². The van der Waals surface area contributed by atoms with Gasteiger partial charge in [0.25, 0.3) is 0 Å². The van der Waals surface area contributed by atoms with E-state index in [0.29, 0.717) is 15.2 Å². The highest BCUT2D eigenvalue weighted by atomic mass is 79.9. The van der Waals surface area contributed by atoms with Crippen LogP contribution in [0.1, 0.15) is 5.56 Å². The zero-order valence-electron chi connectivity index (χ0n) is 9.39. The fourth-order valence-corrected chi connectivity index (χ4v) is 2.61. The normalized spacial score (nSPS) is 10.6. The average molecular weight is 412 g/mol. The van der Waals surface area contributed by atoms with E-state index in [1.807, 2.05) is 0 Å². The van der Waals surface area contributed by atoms with Crippen molar-refractivity contribution in [2.24, 2.45) is 0 Å². The highest BCUT2D eigenvalue weighted by Crippen LogP contribution is 2.29. The fourth-order valence-electron chi connectivity index (χ4n) is 1.44. The number of halogens is 5. The van der Waals surface area contributed by atoms with E-state index in [1.54, 1.807) is 18.2 Å². The van der Waals surface area contributed by atoms with Gasteiger partial charge in [-0.25, -0.2) is 8.78 Å². The summed E-state index contributed by atoms with van der Waals surface area (Å²) in [5, 5.41) is 0.541. The molecule has 0 bridgehead atoms. The highest BCUT2D eigenvalue weighted by Gasteiger charge is 2.13. The molecule has 1 nitrogen and oxygen atoms in total. The topological polar surface area (TPSA) is 9.23 Å². The van der Waals surface area contributed by atoms with Crippen LogP contribution in [0.5, 0.6) is 5.75 Å². The molecular formula is C13H7Br2ClF2O. The molecule has 19 heavy (non-hydrogen) atoms. The second kappa shape index (κ2) is 6.20. The Labute approximate surface area is 130 Å². The average Bonchev–Trinajstić information content (AvgIpc) is 2.36. The molecule has 0 saturated carbocycles. The van der Waals surface area contributed by atoms with Crippen molar-refractivity contribution >= 4 is 43.5 Å². The summed E-state index contributed by atoms with van der Waals surface area (Å²) in [6, 6.07) is 7.40. The summed E-state index contributed by atoms with van der Waals surface area (Å²) in [7, 11) is 0. The lowest BCUT2D eigenvalue weighted by Crippen LogP contribution is -2.03. The minimum Gasteiger partial charge on any atom is -0.488 e. The Bertz CT molecular complexity index is 620. The first-order chi connectivity index (χ1) is 8.99. The van der Waals surface area contributed by atoms with Gasteiger partial charge in [0, 0.05) is 5.02 Å². The highest BCUT2D eigenvalue weighted by molar-refractivity contribution is 9.10. The van der Waals surface area contributed by atoms with Gasteiger partial charge in [0.1, 0.15) is 24.0 Å². The summed E-state index contributed by atoms with van der Waals surface area (Å²) in [6.45, 7) is -0.211. The Morgan fingerprint density at radius 1 is 1.05 bits per heavy atom. The predicted molar refractivity (Wildman–Crippen MR) is 77.5 cm³/mol. The summed E-state index contributed by atoms with van der Waals surface area (Å²) in [5.74, 6) is -0.848. The van der Waals surface area contributed by atoms with Crippen LogP contribution in [0, 0.1) is 11.6 Å². The Morgan fingerprint density at radius 3 is 2.47 bits per heavy atom. The monoisotopic (exact) mass is 410 g/mol. The molecule has 2 aromatic rings. The lowest BCUT2D eigenvalue weighted by molar-refractivity contribution is 0.290. The summed E-state index contributed by atoms with van der Waals surface area (Å²) >= 11 is 12.1. The Balaban J connectivity index is 2.21. The van der Waals surface area contributed by atoms with E-state index in [2.05, 4.69) is 31.9 Å². The van der Waals surface area contributed by atoms with Crippen molar-refractivity contribution in [1.82, 2.24) is 0 Å². The van der Waals surface area contributed by atoms with Gasteiger partial charge in [-0.3, -0.25) is 0 Å². The molecule has 100 valence electrons. The van der Waals surface area contributed by atoms with E-state index >= 15 is 0 Å². The van der Waals surface area contributed by atoms with E-state index < -0.39 is 11.6 Å². The molecular weight excluding hydrogens is 405 g/mol. The summed E-state index contributed by atoms with van der Waals surface area (Å²) in [5.41, 5.74) is -0.128. The van der Waals surface area contributed by atoms with Gasteiger partial charge in [0.2, 0.25) is 0 Å². The molecule has 0 aliphatic carbocycles. The minimum atomic E-state index is -0.662. The molecule has 0 spiro atoms. The number of hydrogen-bond donors (Lipinski definition) is 0. The third-order valence-electron chi connectivity index (χ3n) is 2.40. The van der Waals surface area contributed by atoms with Gasteiger partial charge in [-0.05, 0) is 62.2 Å². The number of benzene rings is 2. The molecule has 0 atom stereocenters. The summed E-state index contributed by atoms with van der Waals surface area (Å²) in [6.07, 6.45) is 0. The molecule has 0 N–H and O–H groups in total. The molecule has 0 amide bonds. The summed E-state index contributed by atoms with van der Waals surface area (Å²) in [4.78, 5) is 0. The van der Waals surface area contributed by atoms with Crippen molar-refractivity contribution in [2.75, 3.05) is 0 Å². The Kier molecular flexibility index (Phi) is 4.81. The first kappa shape index (κ1) is 14.8. The third-order valence-corrected chi connectivity index (χ3v) is 3.87. The van der Waals surface area contributed by atoms with Crippen LogP contribution in [0.15, 0.2) is 39.3 Å². The molecule has 0 heterocycles. The van der Waals surface area contributed by atoms with E-state index in [1.165, 1.54) is 12.1 Å². The van der Waals surface area contributed by atoms with Gasteiger partial charge in [-0.15, -0.1) is 0 Å². The van der Waals surface area contributed by atoms with Crippen LogP contribution >= 0.6 is 43.5 Å². The fraction of sp³-hybridized carbons (Fsp3) is 0.0769. The second-order valence-electron chi connectivity index (χ2n) is 3.69. The van der Waals surface area contributed by atoms with Gasteiger partial charge in [0.05, 0.1) is 14.5 Å². The molecule has 0 saturated heterocycles. The largest absolute Gasteiger partial charge is 0.488 e. The van der Waals surface area contributed by atoms with E-state index in [4.69, 9.17) is 16.3 Å². The molecule has 0 fully saturated rings. The van der Waals surface area contributed by atoms with E-state index in [0.717, 1.165) is 0 Å². The maximum Gasteiger partial charge on any atom is 0.146 e. The van der Waals surface area contributed by atoms with Crippen molar-refractivity contribution in [3.8, 4) is 5.75 Å². The van der Waals surface area contributed by atoms with Gasteiger partial charge in [-0.2, -0.15) is 0 Å². The summed E-state index contributed by atoms with van der Waals surface area (Å²) < 4.78 is 33.5. The number of ether oxygens (including phenoxy) is 1. The molecule has 0 aliphatic rings. The molecule has 0 unspecified atom stereocenters. The first-order valence-electron chi connectivity index (χ1n) is 5.19. The van der Waals surface area contributed by atoms with Crippen LogP contribution in [-0.2, 0) is 6.61 Å². The minimum absolute atomic E-state index is 0.128. The molecule has 0 aromatic heterocycles. The van der Waals surface area contributed by atoms with Crippen molar-refractivity contribution in [3.63, 3.8) is 0 Å². The quantitative estimate of drug-likeness (QED) is 0.586. The Morgan fingerprint density at radius 2 is 1.79 bits per heavy atom. The van der Waals surface area contributed by atoms with Crippen LogP contribution in [0.4, 0.5) is 8.78 Å². The molecule has 2 aromatic carbocycles. The smallest absolute Gasteiger partial charge is 0.146 e. The van der Waals surface area contributed by atoms with Gasteiger partial charge >= 0.3 is 0 Å². The van der Waals surface area contributed by atoms with Crippen molar-refractivity contribution < 1.29 is 13.5 Å². The second-order valence-corrected chi connectivity index (χ2v) is 5.83. The molecule has 6 heteroatoms. The predicted octanol–water partition coefficient (Wildman–Crippen LogP) is 5.72. The van der Waals surface area contributed by atoms with E-state index in [9.17, 15) is 8.78 Å². The maximum absolute atomic E-state index is 13.7. The zero-order valence-corrected chi connectivity index (χ0v) is 13.3. The molecule has 0 aliphatic heterocycles. The van der Waals surface area contributed by atoms with Crippen molar-refractivity contribution in [2.45, 2.75) is 6.61 Å². The third kappa shape index (κ3) is 3.46. The Hall–Kier alpha value is -0.650. The number of rotatable bonds is 3. The first-order valence-corrected chi connectivity index (χ1v) is 7.15. The SMILES string of the molecule is Fc1ccc(Br)c(F)c1COc1ccc(Cl)cc1Br. The standard InChI is InChI=1S/C13H7Br2ClF2O/c14-9-2-3-11(17)8(13(9)18)6-19-12-4-1-7(16)5-10(12)15/h1-5H,6H2. The van der Waals surface area contributed by atoms with Crippen LogP contribution < -0.4 is 4.74 Å². The maximum atomic E-state index is 13.7. The van der Waals surface area contributed by atoms with Crippen LogP contribution in [0.3, 0.4) is 0 Å². The van der Waals surface area contributed by atoms with E-state index in [-0.39, 0.29) is 16.6 Å². The molecule has 0 radical (unpaired) electrons. The molecule has 2 rings (SSSR count).